The molecule has 2 atom stereocenters. The fraction of sp³-hybridized carbons (Fsp3) is 0.455. The highest BCUT2D eigenvalue weighted by Crippen LogP contribution is 2.11. The summed E-state index contributed by atoms with van der Waals surface area (Å²) in [5, 5.41) is 13.7. The Balaban J connectivity index is 2.37. The molecule has 1 rings (SSSR count). The summed E-state index contributed by atoms with van der Waals surface area (Å²) < 4.78 is 5.13. The molecule has 0 saturated carbocycles. The number of carboxylic acid groups (broad SMARTS) is 1. The van der Waals surface area contributed by atoms with Crippen LogP contribution in [0.4, 0.5) is 4.79 Å². The third-order valence-corrected chi connectivity index (χ3v) is 2.18. The number of amides is 2. The molecule has 6 nitrogen and oxygen atoms in total. The molecule has 3 N–H and O–H groups in total. The minimum absolute atomic E-state index is 0.109. The topological polar surface area (TPSA) is 91.6 Å². The minimum Gasteiger partial charge on any atom is -0.481 e. The Morgan fingerprint density at radius 1 is 1.41 bits per heavy atom. The zero-order valence-electron chi connectivity index (χ0n) is 9.77. The van der Waals surface area contributed by atoms with Crippen LogP contribution < -0.4 is 10.6 Å². The largest absolute Gasteiger partial charge is 0.481 e. The summed E-state index contributed by atoms with van der Waals surface area (Å²) in [6.45, 7) is 3.41. The minimum atomic E-state index is -0.947. The Labute approximate surface area is 99.0 Å². The van der Waals surface area contributed by atoms with Gasteiger partial charge in [0.1, 0.15) is 5.76 Å². The van der Waals surface area contributed by atoms with Crippen molar-refractivity contribution in [2.75, 3.05) is 0 Å². The van der Waals surface area contributed by atoms with Crippen LogP contribution >= 0.6 is 0 Å². The van der Waals surface area contributed by atoms with E-state index in [0.717, 1.165) is 0 Å². The van der Waals surface area contributed by atoms with Crippen LogP contribution in [-0.2, 0) is 4.79 Å². The zero-order chi connectivity index (χ0) is 12.8. The first-order valence-corrected chi connectivity index (χ1v) is 5.31. The number of aliphatic carboxylic acids is 1. The molecule has 0 spiro atoms. The van der Waals surface area contributed by atoms with E-state index in [0.29, 0.717) is 5.76 Å². The van der Waals surface area contributed by atoms with Crippen LogP contribution in [-0.4, -0.2) is 23.1 Å². The number of hydrogen-bond acceptors (Lipinski definition) is 3. The van der Waals surface area contributed by atoms with Gasteiger partial charge in [-0.25, -0.2) is 4.79 Å². The van der Waals surface area contributed by atoms with Gasteiger partial charge in [-0.1, -0.05) is 0 Å². The number of rotatable bonds is 5. The van der Waals surface area contributed by atoms with E-state index in [-0.39, 0.29) is 12.5 Å². The third kappa shape index (κ3) is 4.58. The number of carbonyl (C=O) groups excluding carboxylic acids is 1. The molecule has 1 aromatic rings. The van der Waals surface area contributed by atoms with Gasteiger partial charge in [0.05, 0.1) is 18.7 Å². The van der Waals surface area contributed by atoms with Crippen molar-refractivity contribution in [2.45, 2.75) is 32.4 Å². The lowest BCUT2D eigenvalue weighted by molar-refractivity contribution is -0.137. The average molecular weight is 240 g/mol. The molecule has 0 aromatic carbocycles. The van der Waals surface area contributed by atoms with Gasteiger partial charge in [0.2, 0.25) is 0 Å². The molecule has 0 fully saturated rings. The first-order valence-electron chi connectivity index (χ1n) is 5.31. The Bertz CT molecular complexity index is 375. The summed E-state index contributed by atoms with van der Waals surface area (Å²) in [6, 6.07) is 2.39. The first-order chi connectivity index (χ1) is 7.99. The smallest absolute Gasteiger partial charge is 0.315 e. The van der Waals surface area contributed by atoms with Gasteiger partial charge in [-0.05, 0) is 26.0 Å². The van der Waals surface area contributed by atoms with Crippen LogP contribution in [0.25, 0.3) is 0 Å². The molecule has 17 heavy (non-hydrogen) atoms. The molecule has 0 aliphatic carbocycles. The molecule has 0 aliphatic rings. The molecule has 1 aromatic heterocycles. The average Bonchev–Trinajstić information content (AvgIpc) is 2.67. The van der Waals surface area contributed by atoms with Gasteiger partial charge < -0.3 is 20.2 Å². The highest BCUT2D eigenvalue weighted by atomic mass is 16.4. The van der Waals surface area contributed by atoms with Crippen molar-refractivity contribution in [1.82, 2.24) is 10.6 Å². The fourth-order valence-corrected chi connectivity index (χ4v) is 1.38. The number of carboxylic acids is 1. The van der Waals surface area contributed by atoms with E-state index in [2.05, 4.69) is 10.6 Å². The second-order valence-corrected chi connectivity index (χ2v) is 3.85. The fourth-order valence-electron chi connectivity index (χ4n) is 1.38. The molecule has 1 heterocycles. The lowest BCUT2D eigenvalue weighted by Crippen LogP contribution is -2.42. The number of nitrogens with one attached hydrogen (secondary N) is 2. The molecule has 94 valence electrons. The highest BCUT2D eigenvalue weighted by Gasteiger charge is 2.14. The normalized spacial score (nSPS) is 13.8. The predicted octanol–water partition coefficient (Wildman–Crippen LogP) is 1.50. The van der Waals surface area contributed by atoms with Crippen LogP contribution in [0.1, 0.15) is 32.1 Å². The summed E-state index contributed by atoms with van der Waals surface area (Å²) >= 11 is 0. The molecule has 0 saturated heterocycles. The van der Waals surface area contributed by atoms with Gasteiger partial charge in [0.15, 0.2) is 0 Å². The van der Waals surface area contributed by atoms with Crippen LogP contribution in [0, 0.1) is 0 Å². The molecule has 2 unspecified atom stereocenters. The summed E-state index contributed by atoms with van der Waals surface area (Å²) in [5.74, 6) is -0.303. The van der Waals surface area contributed by atoms with Gasteiger partial charge in [-0.3, -0.25) is 4.79 Å². The van der Waals surface area contributed by atoms with E-state index < -0.39 is 18.0 Å². The summed E-state index contributed by atoms with van der Waals surface area (Å²) in [4.78, 5) is 21.9. The van der Waals surface area contributed by atoms with Gasteiger partial charge in [-0.2, -0.15) is 0 Å². The lowest BCUT2D eigenvalue weighted by Gasteiger charge is -2.15. The van der Waals surface area contributed by atoms with Gasteiger partial charge in [-0.15, -0.1) is 0 Å². The van der Waals surface area contributed by atoms with E-state index in [1.54, 1.807) is 26.0 Å². The van der Waals surface area contributed by atoms with E-state index >= 15 is 0 Å². The van der Waals surface area contributed by atoms with Gasteiger partial charge in [0.25, 0.3) is 0 Å². The molecule has 2 amide bonds. The molecule has 0 bridgehead atoms. The second-order valence-electron chi connectivity index (χ2n) is 3.85. The van der Waals surface area contributed by atoms with Crippen molar-refractivity contribution in [3.05, 3.63) is 24.2 Å². The van der Waals surface area contributed by atoms with E-state index in [1.165, 1.54) is 6.26 Å². The van der Waals surface area contributed by atoms with E-state index in [9.17, 15) is 9.59 Å². The summed E-state index contributed by atoms with van der Waals surface area (Å²) in [7, 11) is 0. The lowest BCUT2D eigenvalue weighted by atomic mass is 10.2. The van der Waals surface area contributed by atoms with Gasteiger partial charge >= 0.3 is 12.0 Å². The number of carbonyl (C=O) groups is 2. The molecular formula is C11H16N2O4. The molecule has 0 aliphatic heterocycles. The van der Waals surface area contributed by atoms with Crippen molar-refractivity contribution in [3.63, 3.8) is 0 Å². The first kappa shape index (κ1) is 13.1. The summed E-state index contributed by atoms with van der Waals surface area (Å²) in [5.41, 5.74) is 0. The van der Waals surface area contributed by atoms with Crippen molar-refractivity contribution < 1.29 is 19.1 Å². The van der Waals surface area contributed by atoms with Crippen LogP contribution in [0.5, 0.6) is 0 Å². The van der Waals surface area contributed by atoms with Crippen molar-refractivity contribution >= 4 is 12.0 Å². The number of urea groups is 1. The zero-order valence-corrected chi connectivity index (χ0v) is 9.77. The Hall–Kier alpha value is -1.98. The number of hydrogen-bond donors (Lipinski definition) is 3. The van der Waals surface area contributed by atoms with Crippen molar-refractivity contribution in [1.29, 1.82) is 0 Å². The predicted molar refractivity (Wildman–Crippen MR) is 60.5 cm³/mol. The Morgan fingerprint density at radius 3 is 2.65 bits per heavy atom. The van der Waals surface area contributed by atoms with E-state index in [1.807, 2.05) is 0 Å². The molecule has 0 radical (unpaired) electrons. The molecule has 6 heteroatoms. The third-order valence-electron chi connectivity index (χ3n) is 2.18. The molecular weight excluding hydrogens is 224 g/mol. The van der Waals surface area contributed by atoms with Crippen molar-refractivity contribution in [3.8, 4) is 0 Å². The van der Waals surface area contributed by atoms with Crippen LogP contribution in [0.15, 0.2) is 22.8 Å². The van der Waals surface area contributed by atoms with Crippen molar-refractivity contribution in [2.24, 2.45) is 0 Å². The maximum atomic E-state index is 11.5. The SMILES string of the molecule is CC(CC(=O)O)NC(=O)NC(C)c1ccco1. The van der Waals surface area contributed by atoms with Crippen LogP contribution in [0.3, 0.4) is 0 Å². The second kappa shape index (κ2) is 5.93. The highest BCUT2D eigenvalue weighted by molar-refractivity contribution is 5.75. The Morgan fingerprint density at radius 2 is 2.12 bits per heavy atom. The number of furan rings is 1. The van der Waals surface area contributed by atoms with Crippen LogP contribution in [0.2, 0.25) is 0 Å². The maximum absolute atomic E-state index is 11.5. The Kier molecular flexibility index (Phi) is 4.56. The standard InChI is InChI=1S/C11H16N2O4/c1-7(6-10(14)15)12-11(16)13-8(2)9-4-3-5-17-9/h3-5,7-8H,6H2,1-2H3,(H,14,15)(H2,12,13,16). The maximum Gasteiger partial charge on any atom is 0.315 e. The monoisotopic (exact) mass is 240 g/mol. The van der Waals surface area contributed by atoms with Gasteiger partial charge in [0, 0.05) is 6.04 Å². The quantitative estimate of drug-likeness (QED) is 0.727. The van der Waals surface area contributed by atoms with E-state index in [4.69, 9.17) is 9.52 Å². The summed E-state index contributed by atoms with van der Waals surface area (Å²) in [6.07, 6.45) is 1.42.